The van der Waals surface area contributed by atoms with Crippen LogP contribution in [0.4, 0.5) is 0 Å². The Morgan fingerprint density at radius 1 is 1.12 bits per heavy atom. The van der Waals surface area contributed by atoms with Crippen molar-refractivity contribution in [3.63, 3.8) is 0 Å². The van der Waals surface area contributed by atoms with E-state index in [0.717, 1.165) is 12.0 Å². The van der Waals surface area contributed by atoms with E-state index in [2.05, 4.69) is 40.8 Å². The maximum Gasteiger partial charge on any atom is 0.0114 e. The Hall–Kier alpha value is 0.230. The van der Waals surface area contributed by atoms with Crippen molar-refractivity contribution in [2.24, 2.45) is 5.92 Å². The standard InChI is InChI=1S/C13H27N3S/c1-12-11-16(4-3-13(12)14-2)6-5-15-7-9-17-10-8-15/h12-14H,3-11H2,1-2H3. The minimum atomic E-state index is 0.734. The molecule has 0 amide bonds. The molecule has 2 aliphatic heterocycles. The van der Waals surface area contributed by atoms with Crippen LogP contribution < -0.4 is 5.32 Å². The normalized spacial score (nSPS) is 32.8. The van der Waals surface area contributed by atoms with E-state index in [1.54, 1.807) is 0 Å². The first kappa shape index (κ1) is 13.7. The molecule has 0 aromatic rings. The molecule has 4 heteroatoms. The van der Waals surface area contributed by atoms with Crippen molar-refractivity contribution in [1.29, 1.82) is 0 Å². The number of likely N-dealkylation sites (tertiary alicyclic amines) is 1. The van der Waals surface area contributed by atoms with Crippen molar-refractivity contribution >= 4 is 11.8 Å². The van der Waals surface area contributed by atoms with Gasteiger partial charge in [0.15, 0.2) is 0 Å². The zero-order valence-corrected chi connectivity index (χ0v) is 12.1. The van der Waals surface area contributed by atoms with Crippen molar-refractivity contribution in [3.8, 4) is 0 Å². The zero-order valence-electron chi connectivity index (χ0n) is 11.3. The minimum Gasteiger partial charge on any atom is -0.317 e. The molecule has 2 saturated heterocycles. The summed E-state index contributed by atoms with van der Waals surface area (Å²) >= 11 is 2.10. The Kier molecular flexibility index (Phi) is 5.60. The van der Waals surface area contributed by atoms with Crippen LogP contribution in [0.25, 0.3) is 0 Å². The van der Waals surface area contributed by atoms with Crippen molar-refractivity contribution in [2.45, 2.75) is 19.4 Å². The number of thioether (sulfide) groups is 1. The van der Waals surface area contributed by atoms with Crippen LogP contribution in [0.3, 0.4) is 0 Å². The summed E-state index contributed by atoms with van der Waals surface area (Å²) in [6.45, 7) is 10.1. The molecule has 2 fully saturated rings. The molecule has 0 aromatic carbocycles. The summed E-state index contributed by atoms with van der Waals surface area (Å²) in [4.78, 5) is 5.28. The molecule has 17 heavy (non-hydrogen) atoms. The molecule has 1 N–H and O–H groups in total. The highest BCUT2D eigenvalue weighted by atomic mass is 32.2. The van der Waals surface area contributed by atoms with Crippen LogP contribution in [-0.2, 0) is 0 Å². The Morgan fingerprint density at radius 3 is 2.47 bits per heavy atom. The summed E-state index contributed by atoms with van der Waals surface area (Å²) < 4.78 is 0. The average molecular weight is 257 g/mol. The van der Waals surface area contributed by atoms with Gasteiger partial charge in [-0.15, -0.1) is 0 Å². The van der Waals surface area contributed by atoms with Gasteiger partial charge in [-0.05, 0) is 25.9 Å². The summed E-state index contributed by atoms with van der Waals surface area (Å²) in [5.74, 6) is 3.46. The predicted molar refractivity (Wildman–Crippen MR) is 76.8 cm³/mol. The summed E-state index contributed by atoms with van der Waals surface area (Å²) in [6, 6.07) is 0.734. The largest absolute Gasteiger partial charge is 0.317 e. The molecule has 0 spiro atoms. The first-order valence-electron chi connectivity index (χ1n) is 6.99. The quantitative estimate of drug-likeness (QED) is 0.808. The van der Waals surface area contributed by atoms with E-state index in [-0.39, 0.29) is 0 Å². The highest BCUT2D eigenvalue weighted by molar-refractivity contribution is 7.99. The van der Waals surface area contributed by atoms with Crippen molar-refractivity contribution < 1.29 is 0 Å². The Morgan fingerprint density at radius 2 is 1.82 bits per heavy atom. The van der Waals surface area contributed by atoms with Gasteiger partial charge >= 0.3 is 0 Å². The summed E-state index contributed by atoms with van der Waals surface area (Å²) in [6.07, 6.45) is 1.31. The van der Waals surface area contributed by atoms with Crippen LogP contribution in [0.5, 0.6) is 0 Å². The van der Waals surface area contributed by atoms with Gasteiger partial charge in [-0.25, -0.2) is 0 Å². The number of hydrogen-bond donors (Lipinski definition) is 1. The molecule has 2 aliphatic rings. The SMILES string of the molecule is CNC1CCN(CCN2CCSCC2)CC1C. The number of hydrogen-bond acceptors (Lipinski definition) is 4. The second-order valence-corrected chi connectivity index (χ2v) is 6.64. The molecule has 100 valence electrons. The molecule has 0 aromatic heterocycles. The molecule has 2 atom stereocenters. The lowest BCUT2D eigenvalue weighted by Crippen LogP contribution is -2.49. The number of piperidine rings is 1. The van der Waals surface area contributed by atoms with E-state index in [4.69, 9.17) is 0 Å². The van der Waals surface area contributed by atoms with Gasteiger partial charge in [0, 0.05) is 50.3 Å². The van der Waals surface area contributed by atoms with E-state index in [0.29, 0.717) is 0 Å². The van der Waals surface area contributed by atoms with Crippen LogP contribution in [0.2, 0.25) is 0 Å². The number of rotatable bonds is 4. The molecule has 2 rings (SSSR count). The molecule has 0 saturated carbocycles. The maximum atomic E-state index is 3.44. The third-order valence-electron chi connectivity index (χ3n) is 4.20. The molecule has 0 bridgehead atoms. The van der Waals surface area contributed by atoms with Crippen LogP contribution in [0.1, 0.15) is 13.3 Å². The van der Waals surface area contributed by atoms with Gasteiger partial charge in [0.1, 0.15) is 0 Å². The summed E-state index contributed by atoms with van der Waals surface area (Å²) in [5.41, 5.74) is 0. The van der Waals surface area contributed by atoms with Crippen molar-refractivity contribution in [1.82, 2.24) is 15.1 Å². The highest BCUT2D eigenvalue weighted by Gasteiger charge is 2.24. The molecule has 2 heterocycles. The van der Waals surface area contributed by atoms with Gasteiger partial charge in [0.25, 0.3) is 0 Å². The molecular weight excluding hydrogens is 230 g/mol. The van der Waals surface area contributed by atoms with E-state index in [9.17, 15) is 0 Å². The molecular formula is C13H27N3S. The van der Waals surface area contributed by atoms with Crippen LogP contribution in [0, 0.1) is 5.92 Å². The van der Waals surface area contributed by atoms with Gasteiger partial charge in [-0.1, -0.05) is 6.92 Å². The second kappa shape index (κ2) is 6.98. The zero-order chi connectivity index (χ0) is 12.1. The molecule has 2 unspecified atom stereocenters. The third-order valence-corrected chi connectivity index (χ3v) is 5.14. The minimum absolute atomic E-state index is 0.734. The predicted octanol–water partition coefficient (Wildman–Crippen LogP) is 0.965. The summed E-state index contributed by atoms with van der Waals surface area (Å²) in [5, 5.41) is 3.44. The van der Waals surface area contributed by atoms with E-state index >= 15 is 0 Å². The van der Waals surface area contributed by atoms with Gasteiger partial charge in [0.05, 0.1) is 0 Å². The third kappa shape index (κ3) is 4.12. The monoisotopic (exact) mass is 257 g/mol. The molecule has 0 aliphatic carbocycles. The van der Waals surface area contributed by atoms with Crippen molar-refractivity contribution in [3.05, 3.63) is 0 Å². The Bertz CT molecular complexity index is 219. The first-order valence-corrected chi connectivity index (χ1v) is 8.15. The lowest BCUT2D eigenvalue weighted by molar-refractivity contribution is 0.134. The maximum absolute atomic E-state index is 3.44. The van der Waals surface area contributed by atoms with E-state index in [1.807, 2.05) is 0 Å². The topological polar surface area (TPSA) is 18.5 Å². The smallest absolute Gasteiger partial charge is 0.0114 e. The first-order chi connectivity index (χ1) is 8.29. The van der Waals surface area contributed by atoms with E-state index < -0.39 is 0 Å². The number of nitrogens with one attached hydrogen (secondary N) is 1. The average Bonchev–Trinajstić information content (AvgIpc) is 2.38. The fourth-order valence-electron chi connectivity index (χ4n) is 2.97. The number of nitrogens with zero attached hydrogens (tertiary/aromatic N) is 2. The molecule has 0 radical (unpaired) electrons. The highest BCUT2D eigenvalue weighted by Crippen LogP contribution is 2.16. The van der Waals surface area contributed by atoms with Gasteiger partial charge in [-0.3, -0.25) is 0 Å². The Labute approximate surface area is 110 Å². The van der Waals surface area contributed by atoms with Crippen LogP contribution in [0.15, 0.2) is 0 Å². The van der Waals surface area contributed by atoms with Gasteiger partial charge < -0.3 is 15.1 Å². The van der Waals surface area contributed by atoms with E-state index in [1.165, 1.54) is 57.2 Å². The van der Waals surface area contributed by atoms with Gasteiger partial charge in [-0.2, -0.15) is 11.8 Å². The second-order valence-electron chi connectivity index (χ2n) is 5.42. The van der Waals surface area contributed by atoms with Crippen LogP contribution in [-0.4, -0.2) is 73.7 Å². The van der Waals surface area contributed by atoms with Gasteiger partial charge in [0.2, 0.25) is 0 Å². The summed E-state index contributed by atoms with van der Waals surface area (Å²) in [7, 11) is 2.10. The fraction of sp³-hybridized carbons (Fsp3) is 1.00. The Balaban J connectivity index is 1.66. The van der Waals surface area contributed by atoms with Crippen molar-refractivity contribution in [2.75, 3.05) is 57.8 Å². The lowest BCUT2D eigenvalue weighted by Gasteiger charge is -2.38. The van der Waals surface area contributed by atoms with Crippen LogP contribution >= 0.6 is 11.8 Å². The lowest BCUT2D eigenvalue weighted by atomic mass is 9.94. The fourth-order valence-corrected chi connectivity index (χ4v) is 3.95. The molecule has 3 nitrogen and oxygen atoms in total.